The highest BCUT2D eigenvalue weighted by atomic mass is 31.2. The molecule has 68 heavy (non-hydrogen) atoms. The van der Waals surface area contributed by atoms with Crippen LogP contribution in [0.15, 0.2) is 279 Å². The van der Waals surface area contributed by atoms with Crippen LogP contribution in [0.3, 0.4) is 0 Å². The summed E-state index contributed by atoms with van der Waals surface area (Å²) < 4.78 is 30.2. The monoisotopic (exact) mass is 910 g/mol. The van der Waals surface area contributed by atoms with Crippen molar-refractivity contribution in [1.29, 1.82) is 0 Å². The first-order valence-corrected chi connectivity index (χ1v) is 26.3. The average molecular weight is 911 g/mol. The van der Waals surface area contributed by atoms with Gasteiger partial charge in [0.1, 0.15) is 0 Å². The highest BCUT2D eigenvalue weighted by Crippen LogP contribution is 2.44. The predicted octanol–water partition coefficient (Wildman–Crippen LogP) is 13.8. The largest absolute Gasteiger partial charge is 0.309 e. The van der Waals surface area contributed by atoms with E-state index in [1.165, 1.54) is 0 Å². The maximum atomic E-state index is 15.1. The fraction of sp³-hybridized carbons (Fsp3) is 0. The van der Waals surface area contributed by atoms with Gasteiger partial charge >= 0.3 is 0 Å². The van der Waals surface area contributed by atoms with Gasteiger partial charge in [-0.1, -0.05) is 279 Å². The fourth-order valence-corrected chi connectivity index (χ4v) is 14.2. The van der Waals surface area contributed by atoms with E-state index in [9.17, 15) is 0 Å². The quantitative estimate of drug-likeness (QED) is 0.0853. The van der Waals surface area contributed by atoms with E-state index in [0.29, 0.717) is 0 Å². The van der Waals surface area contributed by atoms with Crippen molar-refractivity contribution in [2.24, 2.45) is 0 Å². The molecule has 10 rings (SSSR count). The molecule has 0 bridgehead atoms. The zero-order valence-corrected chi connectivity index (χ0v) is 39.2. The molecule has 0 aliphatic rings. The fourth-order valence-electron chi connectivity index (χ4n) is 8.93. The van der Waals surface area contributed by atoms with Crippen molar-refractivity contribution in [1.82, 2.24) is 0 Å². The first kappa shape index (κ1) is 44.0. The Hall–Kier alpha value is -7.86. The summed E-state index contributed by atoms with van der Waals surface area (Å²) in [7, 11) is -6.19. The molecule has 0 saturated carbocycles. The Morgan fingerprint density at radius 2 is 0.456 bits per heavy atom. The molecule has 0 atom stereocenters. The van der Waals surface area contributed by atoms with Crippen LogP contribution < -0.4 is 31.8 Å². The van der Waals surface area contributed by atoms with Gasteiger partial charge in [0, 0.05) is 31.8 Å². The average Bonchev–Trinajstić information content (AvgIpc) is 3.43. The van der Waals surface area contributed by atoms with E-state index < -0.39 is 14.3 Å². The second-order valence-corrected chi connectivity index (χ2v) is 22.3. The maximum Gasteiger partial charge on any atom is 0.171 e. The molecule has 0 aromatic heterocycles. The number of hydrogen-bond donors (Lipinski definition) is 0. The summed E-state index contributed by atoms with van der Waals surface area (Å²) >= 11 is 0. The zero-order chi connectivity index (χ0) is 46.2. The van der Waals surface area contributed by atoms with Gasteiger partial charge in [-0.15, -0.1) is 0 Å². The summed E-state index contributed by atoms with van der Waals surface area (Å²) in [6.45, 7) is 0. The van der Waals surface area contributed by atoms with Gasteiger partial charge < -0.3 is 9.13 Å². The summed E-state index contributed by atoms with van der Waals surface area (Å²) in [5.41, 5.74) is 10.9. The molecule has 326 valence electrons. The van der Waals surface area contributed by atoms with Gasteiger partial charge in [-0.25, -0.2) is 0 Å². The van der Waals surface area contributed by atoms with Crippen LogP contribution in [0.5, 0.6) is 0 Å². The summed E-state index contributed by atoms with van der Waals surface area (Å²) in [6.07, 6.45) is 4.46. The van der Waals surface area contributed by atoms with E-state index >= 15 is 9.13 Å². The molecule has 10 aromatic carbocycles. The summed E-state index contributed by atoms with van der Waals surface area (Å²) in [5.74, 6) is 0. The van der Waals surface area contributed by atoms with Crippen LogP contribution >= 0.6 is 14.3 Å². The van der Waals surface area contributed by atoms with Crippen LogP contribution in [-0.4, -0.2) is 0 Å². The van der Waals surface area contributed by atoms with Crippen LogP contribution in [-0.2, 0) is 9.13 Å². The smallest absolute Gasteiger partial charge is 0.171 e. The third kappa shape index (κ3) is 9.14. The highest BCUT2D eigenvalue weighted by molar-refractivity contribution is 7.85. The molecular weight excluding hydrogens is 863 g/mol. The molecule has 0 N–H and O–H groups in total. The molecule has 0 aliphatic heterocycles. The number of benzene rings is 10. The molecule has 0 aliphatic carbocycles. The van der Waals surface area contributed by atoms with Gasteiger partial charge in [0.15, 0.2) is 14.3 Å². The Labute approximate surface area is 400 Å². The molecule has 2 nitrogen and oxygen atoms in total. The van der Waals surface area contributed by atoms with Gasteiger partial charge in [0.25, 0.3) is 0 Å². The van der Waals surface area contributed by atoms with Crippen LogP contribution in [0.4, 0.5) is 0 Å². The third-order valence-electron chi connectivity index (χ3n) is 12.5. The Bertz CT molecular complexity index is 3090. The van der Waals surface area contributed by atoms with Crippen LogP contribution in [0, 0.1) is 0 Å². The first-order valence-electron chi connectivity index (χ1n) is 22.9. The molecule has 0 saturated heterocycles. The normalized spacial score (nSPS) is 12.1. The first-order chi connectivity index (χ1) is 33.5. The minimum Gasteiger partial charge on any atom is -0.309 e. The lowest BCUT2D eigenvalue weighted by Crippen LogP contribution is -2.24. The Morgan fingerprint density at radius 1 is 0.235 bits per heavy atom. The maximum absolute atomic E-state index is 15.1. The van der Waals surface area contributed by atoms with Crippen LogP contribution in [0.25, 0.3) is 34.4 Å². The molecular formula is C64H48O2P2. The van der Waals surface area contributed by atoms with Crippen molar-refractivity contribution in [3.05, 3.63) is 312 Å². The SMILES string of the molecule is O=P(c1ccccc1)(c1ccccc1)c1ccc(/C(=C/c2ccc(-c3ccc(/C=C(\c4ccccc4)c4ccc(P(=O)(c5ccccc5)c5ccccc5)cc4)cc3)cc2)c2ccccc2)cc1. The Morgan fingerprint density at radius 3 is 0.721 bits per heavy atom. The van der Waals surface area contributed by atoms with E-state index in [4.69, 9.17) is 0 Å². The minimum absolute atomic E-state index is 0.804. The number of hydrogen-bond acceptors (Lipinski definition) is 2. The Kier molecular flexibility index (Phi) is 12.9. The lowest BCUT2D eigenvalue weighted by atomic mass is 9.94. The van der Waals surface area contributed by atoms with E-state index in [1.807, 2.05) is 158 Å². The van der Waals surface area contributed by atoms with Crippen molar-refractivity contribution in [3.63, 3.8) is 0 Å². The zero-order valence-electron chi connectivity index (χ0n) is 37.4. The second kappa shape index (κ2) is 19.9. The van der Waals surface area contributed by atoms with E-state index in [-0.39, 0.29) is 0 Å². The lowest BCUT2D eigenvalue weighted by Gasteiger charge is -2.20. The van der Waals surface area contributed by atoms with Gasteiger partial charge in [0.2, 0.25) is 0 Å². The van der Waals surface area contributed by atoms with Crippen molar-refractivity contribution < 1.29 is 9.13 Å². The molecule has 10 aromatic rings. The molecule has 0 spiro atoms. The van der Waals surface area contributed by atoms with Crippen molar-refractivity contribution in [3.8, 4) is 11.1 Å². The molecule has 0 radical (unpaired) electrons. The van der Waals surface area contributed by atoms with E-state index in [2.05, 4.69) is 133 Å². The third-order valence-corrected chi connectivity index (χ3v) is 18.7. The highest BCUT2D eigenvalue weighted by Gasteiger charge is 2.31. The van der Waals surface area contributed by atoms with Gasteiger partial charge in [-0.2, -0.15) is 0 Å². The predicted molar refractivity (Wildman–Crippen MR) is 290 cm³/mol. The summed E-state index contributed by atoms with van der Waals surface area (Å²) in [5, 5.41) is 4.89. The summed E-state index contributed by atoms with van der Waals surface area (Å²) in [4.78, 5) is 0. The molecule has 0 heterocycles. The minimum atomic E-state index is -3.10. The molecule has 0 amide bonds. The molecule has 0 unspecified atom stereocenters. The molecule has 4 heteroatoms. The lowest BCUT2D eigenvalue weighted by molar-refractivity contribution is 0.591. The van der Waals surface area contributed by atoms with Crippen LogP contribution in [0.2, 0.25) is 0 Å². The summed E-state index contributed by atoms with van der Waals surface area (Å²) in [6, 6.07) is 94.1. The molecule has 0 fully saturated rings. The topological polar surface area (TPSA) is 34.1 Å². The second-order valence-electron chi connectivity index (χ2n) is 16.7. The Balaban J connectivity index is 0.929. The van der Waals surface area contributed by atoms with Crippen molar-refractivity contribution in [2.45, 2.75) is 0 Å². The van der Waals surface area contributed by atoms with Crippen molar-refractivity contribution >= 4 is 69.4 Å². The standard InChI is InChI=1S/C64H48O2P2/c65-67(57-23-11-3-12-24-57,58-25-13-4-14-26-58)61-43-39-55(40-44-61)63(53-19-7-1-8-20-53)47-49-31-35-51(36-32-49)52-37-33-50(34-38-52)48-64(54-21-9-2-10-22-54)56-41-45-62(46-42-56)68(66,59-27-15-5-16-28-59)60-29-17-6-18-30-60/h1-48H/b63-47+,64-48+. The van der Waals surface area contributed by atoms with Crippen LogP contribution in [0.1, 0.15) is 33.4 Å². The van der Waals surface area contributed by atoms with E-state index in [0.717, 1.165) is 87.5 Å². The van der Waals surface area contributed by atoms with Gasteiger partial charge in [0.05, 0.1) is 0 Å². The van der Waals surface area contributed by atoms with Gasteiger partial charge in [-0.3, -0.25) is 0 Å². The van der Waals surface area contributed by atoms with E-state index in [1.54, 1.807) is 0 Å². The number of rotatable bonds is 13. The van der Waals surface area contributed by atoms with Crippen molar-refractivity contribution in [2.75, 3.05) is 0 Å². The van der Waals surface area contributed by atoms with Gasteiger partial charge in [-0.05, 0) is 67.8 Å².